The Morgan fingerprint density at radius 1 is 1.28 bits per heavy atom. The number of hydrogen-bond acceptors (Lipinski definition) is 4. The van der Waals surface area contributed by atoms with Gasteiger partial charge in [-0.3, -0.25) is 4.79 Å². The second kappa shape index (κ2) is 4.90. The lowest BCUT2D eigenvalue weighted by atomic mass is 10.0. The largest absolute Gasteiger partial charge is 0.496 e. The third-order valence-electron chi connectivity index (χ3n) is 2.71. The van der Waals surface area contributed by atoms with E-state index in [-0.39, 0.29) is 5.78 Å². The van der Waals surface area contributed by atoms with E-state index >= 15 is 0 Å². The van der Waals surface area contributed by atoms with E-state index < -0.39 is 0 Å². The predicted molar refractivity (Wildman–Crippen MR) is 72.8 cm³/mol. The van der Waals surface area contributed by atoms with Crippen molar-refractivity contribution in [3.8, 4) is 5.75 Å². The second-order valence-electron chi connectivity index (χ2n) is 4.18. The van der Waals surface area contributed by atoms with Crippen LogP contribution in [-0.4, -0.2) is 17.9 Å². The van der Waals surface area contributed by atoms with Crippen LogP contribution in [-0.2, 0) is 0 Å². The zero-order valence-electron chi connectivity index (χ0n) is 10.9. The third-order valence-corrected chi connectivity index (χ3v) is 3.78. The minimum absolute atomic E-state index is 0.0151. The zero-order valence-corrected chi connectivity index (χ0v) is 11.7. The Bertz CT molecular complexity index is 602. The molecule has 0 unspecified atom stereocenters. The van der Waals surface area contributed by atoms with Crippen LogP contribution in [0.25, 0.3) is 0 Å². The maximum absolute atomic E-state index is 12.5. The molecule has 0 spiro atoms. The third kappa shape index (κ3) is 2.29. The molecule has 2 rings (SSSR count). The van der Waals surface area contributed by atoms with Crippen LogP contribution in [0, 0.1) is 20.8 Å². The Morgan fingerprint density at radius 2 is 2.00 bits per heavy atom. The minimum atomic E-state index is -0.0151. The molecule has 0 saturated heterocycles. The lowest BCUT2D eigenvalue weighted by Crippen LogP contribution is -2.04. The van der Waals surface area contributed by atoms with E-state index in [1.54, 1.807) is 7.11 Å². The predicted octanol–water partition coefficient (Wildman–Crippen LogP) is 3.31. The van der Waals surface area contributed by atoms with Gasteiger partial charge in [0.05, 0.1) is 28.3 Å². The van der Waals surface area contributed by atoms with Gasteiger partial charge in [0.1, 0.15) is 5.75 Å². The molecular formula is C14H15NO2S. The first-order valence-electron chi connectivity index (χ1n) is 5.66. The Balaban J connectivity index is 2.51. The van der Waals surface area contributed by atoms with Crippen LogP contribution in [0.2, 0.25) is 0 Å². The number of rotatable bonds is 3. The monoisotopic (exact) mass is 261 g/mol. The summed E-state index contributed by atoms with van der Waals surface area (Å²) < 4.78 is 5.25. The number of methoxy groups -OCH3 is 1. The normalized spacial score (nSPS) is 10.4. The Labute approximate surface area is 110 Å². The Morgan fingerprint density at radius 3 is 2.56 bits per heavy atom. The van der Waals surface area contributed by atoms with Crippen molar-refractivity contribution in [3.63, 3.8) is 0 Å². The number of nitrogens with zero attached hydrogens (tertiary/aromatic N) is 1. The van der Waals surface area contributed by atoms with Gasteiger partial charge in [-0.2, -0.15) is 0 Å². The summed E-state index contributed by atoms with van der Waals surface area (Å²) in [6.07, 6.45) is 0. The molecule has 0 amide bonds. The highest BCUT2D eigenvalue weighted by atomic mass is 32.1. The van der Waals surface area contributed by atoms with Crippen molar-refractivity contribution in [3.05, 3.63) is 44.9 Å². The van der Waals surface area contributed by atoms with Crippen LogP contribution in [0.5, 0.6) is 5.75 Å². The lowest BCUT2D eigenvalue weighted by molar-refractivity contribution is 0.103. The molecule has 0 bridgehead atoms. The quantitative estimate of drug-likeness (QED) is 0.796. The highest BCUT2D eigenvalue weighted by Gasteiger charge is 2.19. The van der Waals surface area contributed by atoms with Crippen molar-refractivity contribution in [2.75, 3.05) is 7.11 Å². The molecule has 1 heterocycles. The number of thiazole rings is 1. The van der Waals surface area contributed by atoms with Crippen molar-refractivity contribution in [2.45, 2.75) is 20.8 Å². The second-order valence-corrected chi connectivity index (χ2v) is 5.38. The minimum Gasteiger partial charge on any atom is -0.496 e. The SMILES string of the molecule is COc1ccc(C)cc1C(=O)c1sc(C)nc1C. The summed E-state index contributed by atoms with van der Waals surface area (Å²) in [5.41, 5.74) is 2.42. The number of ketones is 1. The fourth-order valence-corrected chi connectivity index (χ4v) is 2.74. The molecule has 1 aromatic carbocycles. The molecule has 18 heavy (non-hydrogen) atoms. The lowest BCUT2D eigenvalue weighted by Gasteiger charge is -2.07. The zero-order chi connectivity index (χ0) is 13.3. The number of ether oxygens (including phenoxy) is 1. The summed E-state index contributed by atoms with van der Waals surface area (Å²) in [6.45, 7) is 5.72. The van der Waals surface area contributed by atoms with Gasteiger partial charge < -0.3 is 4.74 Å². The van der Waals surface area contributed by atoms with Crippen molar-refractivity contribution in [2.24, 2.45) is 0 Å². The van der Waals surface area contributed by atoms with Gasteiger partial charge in [-0.05, 0) is 32.9 Å². The van der Waals surface area contributed by atoms with Crippen LogP contribution < -0.4 is 4.74 Å². The molecule has 3 nitrogen and oxygen atoms in total. The number of aryl methyl sites for hydroxylation is 3. The summed E-state index contributed by atoms with van der Waals surface area (Å²) in [7, 11) is 1.58. The maximum Gasteiger partial charge on any atom is 0.208 e. The highest BCUT2D eigenvalue weighted by molar-refractivity contribution is 7.14. The van der Waals surface area contributed by atoms with Crippen molar-refractivity contribution in [1.29, 1.82) is 0 Å². The average Bonchev–Trinajstić information content (AvgIpc) is 2.67. The van der Waals surface area contributed by atoms with E-state index in [9.17, 15) is 4.79 Å². The van der Waals surface area contributed by atoms with Crippen LogP contribution >= 0.6 is 11.3 Å². The van der Waals surface area contributed by atoms with E-state index in [0.29, 0.717) is 16.2 Å². The molecule has 0 aliphatic heterocycles. The van der Waals surface area contributed by atoms with Crippen molar-refractivity contribution < 1.29 is 9.53 Å². The van der Waals surface area contributed by atoms with Gasteiger partial charge in [0.25, 0.3) is 0 Å². The molecule has 2 aromatic rings. The number of aromatic nitrogens is 1. The van der Waals surface area contributed by atoms with Gasteiger partial charge in [0.15, 0.2) is 0 Å². The molecule has 0 radical (unpaired) electrons. The molecular weight excluding hydrogens is 246 g/mol. The van der Waals surface area contributed by atoms with Gasteiger partial charge in [-0.1, -0.05) is 11.6 Å². The summed E-state index contributed by atoms with van der Waals surface area (Å²) >= 11 is 1.43. The first-order valence-corrected chi connectivity index (χ1v) is 6.48. The molecule has 94 valence electrons. The first kappa shape index (κ1) is 12.8. The van der Waals surface area contributed by atoms with E-state index in [2.05, 4.69) is 4.98 Å². The van der Waals surface area contributed by atoms with Crippen LogP contribution in [0.15, 0.2) is 18.2 Å². The molecule has 0 fully saturated rings. The molecule has 0 N–H and O–H groups in total. The molecule has 0 aliphatic carbocycles. The van der Waals surface area contributed by atoms with Crippen LogP contribution in [0.4, 0.5) is 0 Å². The van der Waals surface area contributed by atoms with E-state index in [1.807, 2.05) is 39.0 Å². The van der Waals surface area contributed by atoms with E-state index in [1.165, 1.54) is 11.3 Å². The highest BCUT2D eigenvalue weighted by Crippen LogP contribution is 2.27. The summed E-state index contributed by atoms with van der Waals surface area (Å²) in [4.78, 5) is 17.5. The van der Waals surface area contributed by atoms with Crippen molar-refractivity contribution in [1.82, 2.24) is 4.98 Å². The topological polar surface area (TPSA) is 39.2 Å². The standard InChI is InChI=1S/C14H15NO2S/c1-8-5-6-12(17-4)11(7-8)13(16)14-9(2)15-10(3)18-14/h5-7H,1-4H3. The molecule has 0 saturated carbocycles. The van der Waals surface area contributed by atoms with Crippen LogP contribution in [0.3, 0.4) is 0 Å². The van der Waals surface area contributed by atoms with Crippen LogP contribution in [0.1, 0.15) is 31.5 Å². The molecule has 1 aromatic heterocycles. The number of benzene rings is 1. The summed E-state index contributed by atoms with van der Waals surface area (Å²) in [5.74, 6) is 0.592. The van der Waals surface area contributed by atoms with Gasteiger partial charge in [-0.25, -0.2) is 4.98 Å². The smallest absolute Gasteiger partial charge is 0.208 e. The summed E-state index contributed by atoms with van der Waals surface area (Å²) in [6, 6.07) is 5.61. The van der Waals surface area contributed by atoms with Crippen molar-refractivity contribution >= 4 is 17.1 Å². The molecule has 4 heteroatoms. The van der Waals surface area contributed by atoms with Gasteiger partial charge in [0.2, 0.25) is 5.78 Å². The fraction of sp³-hybridized carbons (Fsp3) is 0.286. The van der Waals surface area contributed by atoms with E-state index in [0.717, 1.165) is 16.3 Å². The average molecular weight is 261 g/mol. The molecule has 0 atom stereocenters. The Kier molecular flexibility index (Phi) is 3.48. The summed E-state index contributed by atoms with van der Waals surface area (Å²) in [5, 5.41) is 0.905. The van der Waals surface area contributed by atoms with Gasteiger partial charge in [0, 0.05) is 0 Å². The number of carbonyl (C=O) groups is 1. The maximum atomic E-state index is 12.5. The van der Waals surface area contributed by atoms with Gasteiger partial charge >= 0.3 is 0 Å². The number of hydrogen-bond donors (Lipinski definition) is 0. The molecule has 0 aliphatic rings. The first-order chi connectivity index (χ1) is 8.52. The van der Waals surface area contributed by atoms with Gasteiger partial charge in [-0.15, -0.1) is 11.3 Å². The Hall–Kier alpha value is -1.68. The fourth-order valence-electron chi connectivity index (χ4n) is 1.86. The van der Waals surface area contributed by atoms with E-state index in [4.69, 9.17) is 4.74 Å². The number of carbonyl (C=O) groups excluding carboxylic acids is 1.